The number of ketones is 1. The van der Waals surface area contributed by atoms with Crippen molar-refractivity contribution in [2.45, 2.75) is 6.92 Å². The first kappa shape index (κ1) is 9.10. The Morgan fingerprint density at radius 3 is 2.20 bits per heavy atom. The number of carbonyl (C=O) groups is 2. The van der Waals surface area contributed by atoms with Crippen molar-refractivity contribution in [2.24, 2.45) is 5.92 Å². The fourth-order valence-corrected chi connectivity index (χ4v) is 0.529. The van der Waals surface area contributed by atoms with Crippen LogP contribution in [0.15, 0.2) is 0 Å². The average Bonchev–Trinajstić information content (AvgIpc) is 1.81. The monoisotopic (exact) mass is 146 g/mol. The molecule has 0 radical (unpaired) electrons. The Labute approximate surface area is 58.8 Å². The normalized spacial score (nSPS) is 12.6. The summed E-state index contributed by atoms with van der Waals surface area (Å²) in [7, 11) is 1.36. The number of aliphatic carboxylic acids is 1. The minimum absolute atomic E-state index is 0.0509. The van der Waals surface area contributed by atoms with Gasteiger partial charge in [0.25, 0.3) is 0 Å². The third-order valence-electron chi connectivity index (χ3n) is 1.12. The third kappa shape index (κ3) is 2.59. The van der Waals surface area contributed by atoms with Gasteiger partial charge in [-0.1, -0.05) is 0 Å². The predicted molar refractivity (Wildman–Crippen MR) is 33.7 cm³/mol. The first-order valence-corrected chi connectivity index (χ1v) is 2.81. The molecule has 1 atom stereocenters. The number of carboxylic acid groups (broad SMARTS) is 1. The number of methoxy groups -OCH3 is 1. The summed E-state index contributed by atoms with van der Waals surface area (Å²) in [4.78, 5) is 20.7. The molecule has 0 aromatic heterocycles. The van der Waals surface area contributed by atoms with Crippen LogP contribution in [0.25, 0.3) is 0 Å². The molecule has 58 valence electrons. The molecule has 10 heavy (non-hydrogen) atoms. The third-order valence-corrected chi connectivity index (χ3v) is 1.12. The van der Waals surface area contributed by atoms with E-state index < -0.39 is 11.9 Å². The molecule has 0 rings (SSSR count). The smallest absolute Gasteiger partial charge is 0.316 e. The molecule has 1 N–H and O–H groups in total. The topological polar surface area (TPSA) is 63.6 Å². The molecule has 0 aliphatic carbocycles. The van der Waals surface area contributed by atoms with Crippen molar-refractivity contribution in [2.75, 3.05) is 13.7 Å². The van der Waals surface area contributed by atoms with E-state index in [-0.39, 0.29) is 12.4 Å². The largest absolute Gasteiger partial charge is 0.481 e. The number of hydrogen-bond donors (Lipinski definition) is 1. The standard InChI is InChI=1S/C6H10O4/c1-4(7)5(3-10-2)6(8)9/h5H,3H2,1-2H3,(H,8,9)/t5-/m1/s1. The molecule has 0 saturated heterocycles. The van der Waals surface area contributed by atoms with E-state index in [1.54, 1.807) is 0 Å². The highest BCUT2D eigenvalue weighted by Crippen LogP contribution is 1.97. The van der Waals surface area contributed by atoms with Crippen molar-refractivity contribution in [3.63, 3.8) is 0 Å². The lowest BCUT2D eigenvalue weighted by Crippen LogP contribution is -2.25. The summed E-state index contributed by atoms with van der Waals surface area (Å²) in [5.41, 5.74) is 0. The van der Waals surface area contributed by atoms with Crippen LogP contribution in [0.4, 0.5) is 0 Å². The van der Waals surface area contributed by atoms with E-state index in [2.05, 4.69) is 4.74 Å². The number of hydrogen-bond acceptors (Lipinski definition) is 3. The van der Waals surface area contributed by atoms with Crippen molar-refractivity contribution in [1.82, 2.24) is 0 Å². The van der Waals surface area contributed by atoms with Crippen LogP contribution in [0, 0.1) is 5.92 Å². The summed E-state index contributed by atoms with van der Waals surface area (Å²) in [5.74, 6) is -2.52. The first-order valence-electron chi connectivity index (χ1n) is 2.81. The summed E-state index contributed by atoms with van der Waals surface area (Å²) < 4.78 is 4.52. The molecule has 0 spiro atoms. The Balaban J connectivity index is 3.98. The van der Waals surface area contributed by atoms with Crippen molar-refractivity contribution in [3.05, 3.63) is 0 Å². The van der Waals surface area contributed by atoms with Gasteiger partial charge in [-0.2, -0.15) is 0 Å². The van der Waals surface area contributed by atoms with Gasteiger partial charge < -0.3 is 9.84 Å². The van der Waals surface area contributed by atoms with Crippen LogP contribution in [-0.2, 0) is 14.3 Å². The number of carbonyl (C=O) groups excluding carboxylic acids is 1. The maximum absolute atomic E-state index is 10.5. The summed E-state index contributed by atoms with van der Waals surface area (Å²) in [6.07, 6.45) is 0. The fraction of sp³-hybridized carbons (Fsp3) is 0.667. The number of rotatable bonds is 4. The summed E-state index contributed by atoms with van der Waals surface area (Å²) in [6, 6.07) is 0. The molecule has 0 unspecified atom stereocenters. The molecule has 0 aromatic carbocycles. The zero-order valence-corrected chi connectivity index (χ0v) is 5.96. The molecule has 0 aromatic rings. The maximum atomic E-state index is 10.5. The number of ether oxygens (including phenoxy) is 1. The fourth-order valence-electron chi connectivity index (χ4n) is 0.529. The van der Waals surface area contributed by atoms with Gasteiger partial charge in [-0.15, -0.1) is 0 Å². The molecular formula is C6H10O4. The van der Waals surface area contributed by atoms with E-state index in [0.29, 0.717) is 0 Å². The highest BCUT2D eigenvalue weighted by atomic mass is 16.5. The van der Waals surface area contributed by atoms with E-state index >= 15 is 0 Å². The molecule has 0 aliphatic heterocycles. The van der Waals surface area contributed by atoms with Crippen LogP contribution >= 0.6 is 0 Å². The number of Topliss-reactive ketones (excluding diaryl/α,β-unsaturated/α-hetero) is 1. The van der Waals surface area contributed by atoms with Gasteiger partial charge in [0.1, 0.15) is 11.7 Å². The Morgan fingerprint density at radius 2 is 2.10 bits per heavy atom. The van der Waals surface area contributed by atoms with Crippen molar-refractivity contribution in [3.8, 4) is 0 Å². The summed E-state index contributed by atoms with van der Waals surface area (Å²) >= 11 is 0. The van der Waals surface area contributed by atoms with E-state index in [0.717, 1.165) is 0 Å². The maximum Gasteiger partial charge on any atom is 0.316 e. The van der Waals surface area contributed by atoms with Gasteiger partial charge in [-0.25, -0.2) is 0 Å². The second kappa shape index (κ2) is 4.00. The SMILES string of the molecule is COC[C@H](C(C)=O)C(=O)O. The van der Waals surface area contributed by atoms with Crippen molar-refractivity contribution < 1.29 is 19.4 Å². The lowest BCUT2D eigenvalue weighted by molar-refractivity contribution is -0.147. The molecule has 4 nitrogen and oxygen atoms in total. The highest BCUT2D eigenvalue weighted by molar-refractivity contribution is 5.96. The zero-order valence-electron chi connectivity index (χ0n) is 5.96. The van der Waals surface area contributed by atoms with Gasteiger partial charge in [0.15, 0.2) is 0 Å². The Hall–Kier alpha value is -0.900. The van der Waals surface area contributed by atoms with Gasteiger partial charge >= 0.3 is 5.97 Å². The molecular weight excluding hydrogens is 136 g/mol. The average molecular weight is 146 g/mol. The van der Waals surface area contributed by atoms with E-state index in [1.807, 2.05) is 0 Å². The minimum atomic E-state index is -1.13. The second-order valence-electron chi connectivity index (χ2n) is 1.96. The zero-order chi connectivity index (χ0) is 8.15. The van der Waals surface area contributed by atoms with E-state index in [1.165, 1.54) is 14.0 Å². The lowest BCUT2D eigenvalue weighted by Gasteiger charge is -2.05. The quantitative estimate of drug-likeness (QED) is 0.563. The van der Waals surface area contributed by atoms with Crippen molar-refractivity contribution in [1.29, 1.82) is 0 Å². The van der Waals surface area contributed by atoms with Crippen LogP contribution in [-0.4, -0.2) is 30.6 Å². The Morgan fingerprint density at radius 1 is 1.60 bits per heavy atom. The van der Waals surface area contributed by atoms with Crippen LogP contribution in [0.1, 0.15) is 6.92 Å². The van der Waals surface area contributed by atoms with E-state index in [4.69, 9.17) is 5.11 Å². The molecule has 0 saturated carbocycles. The molecule has 0 fully saturated rings. The minimum Gasteiger partial charge on any atom is -0.481 e. The van der Waals surface area contributed by atoms with E-state index in [9.17, 15) is 9.59 Å². The van der Waals surface area contributed by atoms with Gasteiger partial charge in [0, 0.05) is 7.11 Å². The summed E-state index contributed by atoms with van der Waals surface area (Å²) in [5, 5.41) is 8.37. The highest BCUT2D eigenvalue weighted by Gasteiger charge is 2.21. The van der Waals surface area contributed by atoms with Gasteiger partial charge in [0.2, 0.25) is 0 Å². The van der Waals surface area contributed by atoms with Crippen LogP contribution < -0.4 is 0 Å². The van der Waals surface area contributed by atoms with Gasteiger partial charge in [0.05, 0.1) is 6.61 Å². The van der Waals surface area contributed by atoms with Crippen LogP contribution in [0.5, 0.6) is 0 Å². The predicted octanol–water partition coefficient (Wildman–Crippen LogP) is -0.0774. The van der Waals surface area contributed by atoms with Crippen LogP contribution in [0.2, 0.25) is 0 Å². The molecule has 0 bridgehead atoms. The molecule has 0 amide bonds. The Kier molecular flexibility index (Phi) is 3.64. The first-order chi connectivity index (χ1) is 4.59. The van der Waals surface area contributed by atoms with Crippen molar-refractivity contribution >= 4 is 11.8 Å². The molecule has 0 heterocycles. The van der Waals surface area contributed by atoms with Crippen LogP contribution in [0.3, 0.4) is 0 Å². The lowest BCUT2D eigenvalue weighted by atomic mass is 10.1. The molecule has 0 aliphatic rings. The number of carboxylic acids is 1. The van der Waals surface area contributed by atoms with Gasteiger partial charge in [-0.3, -0.25) is 9.59 Å². The van der Waals surface area contributed by atoms with Gasteiger partial charge in [-0.05, 0) is 6.92 Å². The second-order valence-corrected chi connectivity index (χ2v) is 1.96. The molecule has 4 heteroatoms. The summed E-state index contributed by atoms with van der Waals surface area (Å²) in [6.45, 7) is 1.18. The Bertz CT molecular complexity index is 127.